The van der Waals surface area contributed by atoms with Gasteiger partial charge >= 0.3 is 0 Å². The Morgan fingerprint density at radius 1 is 1.40 bits per heavy atom. The van der Waals surface area contributed by atoms with Crippen LogP contribution < -0.4 is 5.32 Å². The molecule has 1 aromatic rings. The van der Waals surface area contributed by atoms with Crippen molar-refractivity contribution >= 4 is 39.8 Å². The van der Waals surface area contributed by atoms with Crippen LogP contribution in [0.25, 0.3) is 5.57 Å². The molecule has 78 valence electrons. The molecule has 0 bridgehead atoms. The van der Waals surface area contributed by atoms with E-state index in [1.165, 1.54) is 0 Å². The van der Waals surface area contributed by atoms with Crippen LogP contribution in [0.2, 0.25) is 0 Å². The highest BCUT2D eigenvalue weighted by Crippen LogP contribution is 2.35. The van der Waals surface area contributed by atoms with Crippen LogP contribution >= 0.6 is 22.6 Å². The first-order valence-corrected chi connectivity index (χ1v) is 5.66. The second kappa shape index (κ2) is 3.84. The summed E-state index contributed by atoms with van der Waals surface area (Å²) in [5.41, 5.74) is 2.65. The van der Waals surface area contributed by atoms with Gasteiger partial charge in [0.05, 0.1) is 11.3 Å². The molecule has 0 radical (unpaired) electrons. The normalized spacial score (nSPS) is 16.5. The van der Waals surface area contributed by atoms with E-state index in [1.807, 2.05) is 43.4 Å². The summed E-state index contributed by atoms with van der Waals surface area (Å²) in [6.45, 7) is 0. The van der Waals surface area contributed by atoms with E-state index in [1.54, 1.807) is 0 Å². The summed E-state index contributed by atoms with van der Waals surface area (Å²) < 4.78 is 1.09. The van der Waals surface area contributed by atoms with Crippen molar-refractivity contribution in [3.8, 4) is 0 Å². The Bertz CT molecular complexity index is 452. The number of nitrogens with one attached hydrogen (secondary N) is 1. The van der Waals surface area contributed by atoms with Crippen LogP contribution in [0, 0.1) is 3.57 Å². The van der Waals surface area contributed by atoms with E-state index < -0.39 is 0 Å². The molecule has 0 atom stereocenters. The van der Waals surface area contributed by atoms with Crippen molar-refractivity contribution in [2.24, 2.45) is 0 Å². The summed E-state index contributed by atoms with van der Waals surface area (Å²) in [6.07, 6.45) is 1.85. The smallest absolute Gasteiger partial charge is 0.257 e. The van der Waals surface area contributed by atoms with Gasteiger partial charge in [-0.15, -0.1) is 0 Å². The monoisotopic (exact) mass is 314 g/mol. The van der Waals surface area contributed by atoms with Gasteiger partial charge in [-0.05, 0) is 34.7 Å². The number of rotatable bonds is 1. The van der Waals surface area contributed by atoms with Gasteiger partial charge in [0.25, 0.3) is 5.91 Å². The number of nitrogens with zero attached hydrogens (tertiary/aromatic N) is 1. The maximum atomic E-state index is 11.7. The fourth-order valence-corrected chi connectivity index (χ4v) is 2.38. The van der Waals surface area contributed by atoms with Crippen molar-refractivity contribution in [3.05, 3.63) is 33.5 Å². The summed E-state index contributed by atoms with van der Waals surface area (Å²) >= 11 is 2.25. The number of carbonyl (C=O) groups excluding carboxylic acids is 1. The maximum Gasteiger partial charge on any atom is 0.257 e. The predicted molar refractivity (Wildman–Crippen MR) is 69.5 cm³/mol. The lowest BCUT2D eigenvalue weighted by Gasteiger charge is -2.07. The van der Waals surface area contributed by atoms with Crippen LogP contribution in [0.1, 0.15) is 5.56 Å². The lowest BCUT2D eigenvalue weighted by Crippen LogP contribution is -2.08. The molecule has 0 aliphatic carbocycles. The lowest BCUT2D eigenvalue weighted by atomic mass is 10.1. The number of carbonyl (C=O) groups is 1. The van der Waals surface area contributed by atoms with Crippen LogP contribution in [-0.4, -0.2) is 24.9 Å². The largest absolute Gasteiger partial charge is 0.383 e. The van der Waals surface area contributed by atoms with E-state index in [4.69, 9.17) is 0 Å². The molecule has 1 N–H and O–H groups in total. The zero-order valence-electron chi connectivity index (χ0n) is 8.54. The van der Waals surface area contributed by atoms with E-state index in [2.05, 4.69) is 27.9 Å². The van der Waals surface area contributed by atoms with Gasteiger partial charge in [0.1, 0.15) is 0 Å². The highest BCUT2D eigenvalue weighted by atomic mass is 127. The molecule has 3 nitrogen and oxygen atoms in total. The summed E-state index contributed by atoms with van der Waals surface area (Å²) in [4.78, 5) is 13.6. The highest BCUT2D eigenvalue weighted by molar-refractivity contribution is 14.1. The molecule has 1 aliphatic rings. The second-order valence-corrected chi connectivity index (χ2v) is 4.79. The molecule has 4 heteroatoms. The quantitative estimate of drug-likeness (QED) is 0.636. The van der Waals surface area contributed by atoms with Gasteiger partial charge in [-0.2, -0.15) is 0 Å². The third-order valence-corrected chi connectivity index (χ3v) is 3.06. The van der Waals surface area contributed by atoms with Gasteiger partial charge in [-0.25, -0.2) is 0 Å². The molecule has 0 aromatic heterocycles. The lowest BCUT2D eigenvalue weighted by molar-refractivity contribution is -0.110. The molecule has 1 aliphatic heterocycles. The van der Waals surface area contributed by atoms with Crippen molar-refractivity contribution in [3.63, 3.8) is 0 Å². The third-order valence-electron chi connectivity index (χ3n) is 2.16. The van der Waals surface area contributed by atoms with E-state index in [0.717, 1.165) is 20.4 Å². The third kappa shape index (κ3) is 1.86. The Labute approximate surface area is 102 Å². The zero-order valence-corrected chi connectivity index (χ0v) is 10.7. The Morgan fingerprint density at radius 3 is 2.80 bits per heavy atom. The SMILES string of the molecule is CN(C)/C=C1\C(=O)Nc2cccc(I)c21. The summed E-state index contributed by atoms with van der Waals surface area (Å²) in [5.74, 6) is -0.0252. The van der Waals surface area contributed by atoms with Crippen LogP contribution in [-0.2, 0) is 4.79 Å². The second-order valence-electron chi connectivity index (χ2n) is 3.62. The molecule has 15 heavy (non-hydrogen) atoms. The van der Waals surface area contributed by atoms with E-state index >= 15 is 0 Å². The average molecular weight is 314 g/mol. The van der Waals surface area contributed by atoms with Crippen molar-refractivity contribution in [2.75, 3.05) is 19.4 Å². The summed E-state index contributed by atoms with van der Waals surface area (Å²) in [7, 11) is 3.82. The minimum absolute atomic E-state index is 0.0252. The maximum absolute atomic E-state index is 11.7. The molecule has 0 spiro atoms. The fraction of sp³-hybridized carbons (Fsp3) is 0.182. The molecule has 0 unspecified atom stereocenters. The molecule has 1 heterocycles. The van der Waals surface area contributed by atoms with Gasteiger partial charge in [0, 0.05) is 29.4 Å². The molecule has 0 saturated carbocycles. The zero-order chi connectivity index (χ0) is 11.0. The van der Waals surface area contributed by atoms with Crippen molar-refractivity contribution in [2.45, 2.75) is 0 Å². The number of hydrogen-bond acceptors (Lipinski definition) is 2. The molecule has 1 amide bonds. The Kier molecular flexibility index (Phi) is 2.68. The van der Waals surface area contributed by atoms with E-state index in [-0.39, 0.29) is 5.91 Å². The van der Waals surface area contributed by atoms with E-state index in [9.17, 15) is 4.79 Å². The number of hydrogen-bond donors (Lipinski definition) is 1. The molecule has 0 fully saturated rings. The van der Waals surface area contributed by atoms with Crippen LogP contribution in [0.5, 0.6) is 0 Å². The summed E-state index contributed by atoms with van der Waals surface area (Å²) in [6, 6.07) is 5.87. The van der Waals surface area contributed by atoms with Gasteiger partial charge in [-0.3, -0.25) is 4.79 Å². The number of fused-ring (bicyclic) bond motifs is 1. The molecule has 2 rings (SSSR count). The van der Waals surface area contributed by atoms with E-state index in [0.29, 0.717) is 0 Å². The number of halogens is 1. The molecular weight excluding hydrogens is 303 g/mol. The van der Waals surface area contributed by atoms with Gasteiger partial charge in [0.2, 0.25) is 0 Å². The summed E-state index contributed by atoms with van der Waals surface area (Å²) in [5, 5.41) is 2.85. The van der Waals surface area contributed by atoms with Crippen molar-refractivity contribution in [1.29, 1.82) is 0 Å². The van der Waals surface area contributed by atoms with Crippen LogP contribution in [0.4, 0.5) is 5.69 Å². The Morgan fingerprint density at radius 2 is 2.13 bits per heavy atom. The Balaban J connectivity index is 2.58. The Hall–Kier alpha value is -1.04. The minimum atomic E-state index is -0.0252. The van der Waals surface area contributed by atoms with Gasteiger partial charge in [0.15, 0.2) is 0 Å². The number of benzene rings is 1. The predicted octanol–water partition coefficient (Wildman–Crippen LogP) is 2.15. The first-order valence-electron chi connectivity index (χ1n) is 4.58. The van der Waals surface area contributed by atoms with Crippen LogP contribution in [0.15, 0.2) is 24.4 Å². The molecular formula is C11H11IN2O. The fourth-order valence-electron chi connectivity index (χ4n) is 1.59. The van der Waals surface area contributed by atoms with Crippen LogP contribution in [0.3, 0.4) is 0 Å². The molecule has 0 saturated heterocycles. The first-order chi connectivity index (χ1) is 7.09. The minimum Gasteiger partial charge on any atom is -0.383 e. The van der Waals surface area contributed by atoms with Gasteiger partial charge < -0.3 is 10.2 Å². The molecule has 1 aromatic carbocycles. The van der Waals surface area contributed by atoms with Crippen molar-refractivity contribution < 1.29 is 4.79 Å². The number of amides is 1. The average Bonchev–Trinajstić information content (AvgIpc) is 2.43. The number of anilines is 1. The highest BCUT2D eigenvalue weighted by Gasteiger charge is 2.26. The van der Waals surface area contributed by atoms with Gasteiger partial charge in [-0.1, -0.05) is 6.07 Å². The first kappa shape index (κ1) is 10.5. The topological polar surface area (TPSA) is 32.3 Å². The van der Waals surface area contributed by atoms with Crippen molar-refractivity contribution in [1.82, 2.24) is 4.90 Å². The standard InChI is InChI=1S/C11H11IN2O/c1-14(2)6-7-10-8(12)4-3-5-9(10)13-11(7)15/h3-6H,1-2H3,(H,13,15)/b7-6-.